The fourth-order valence-electron chi connectivity index (χ4n) is 1.38. The molecule has 4 nitrogen and oxygen atoms in total. The van der Waals surface area contributed by atoms with Crippen LogP contribution in [0.3, 0.4) is 0 Å². The summed E-state index contributed by atoms with van der Waals surface area (Å²) in [5.74, 6) is -0.166. The fraction of sp³-hybridized carbons (Fsp3) is 0.417. The first-order valence-electron chi connectivity index (χ1n) is 5.35. The van der Waals surface area contributed by atoms with Gasteiger partial charge in [0.25, 0.3) is 0 Å². The molecule has 0 aliphatic heterocycles. The van der Waals surface area contributed by atoms with Crippen molar-refractivity contribution in [3.63, 3.8) is 0 Å². The first kappa shape index (κ1) is 12.5. The number of esters is 1. The molecule has 88 valence electrons. The van der Waals surface area contributed by atoms with Crippen molar-refractivity contribution in [3.05, 3.63) is 29.8 Å². The van der Waals surface area contributed by atoms with Crippen molar-refractivity contribution in [1.82, 2.24) is 5.32 Å². The second-order valence-corrected chi connectivity index (χ2v) is 3.56. The molecule has 0 heterocycles. The van der Waals surface area contributed by atoms with Gasteiger partial charge < -0.3 is 15.8 Å². The zero-order valence-corrected chi connectivity index (χ0v) is 9.53. The molecule has 0 spiro atoms. The smallest absolute Gasteiger partial charge is 0.305 e. The van der Waals surface area contributed by atoms with Crippen molar-refractivity contribution in [2.24, 2.45) is 0 Å². The average molecular weight is 222 g/mol. The van der Waals surface area contributed by atoms with Gasteiger partial charge in [0.15, 0.2) is 0 Å². The number of nitrogen functional groups attached to an aromatic ring is 1. The van der Waals surface area contributed by atoms with E-state index in [1.165, 1.54) is 7.11 Å². The van der Waals surface area contributed by atoms with Crippen LogP contribution in [0.25, 0.3) is 0 Å². The highest BCUT2D eigenvalue weighted by Crippen LogP contribution is 2.09. The Balaban J connectivity index is 2.17. The first-order chi connectivity index (χ1) is 7.74. The summed E-state index contributed by atoms with van der Waals surface area (Å²) in [6.45, 7) is 1.51. The molecule has 0 radical (unpaired) electrons. The van der Waals surface area contributed by atoms with E-state index >= 15 is 0 Å². The zero-order chi connectivity index (χ0) is 11.8. The number of carbonyl (C=O) groups is 1. The number of benzene rings is 1. The highest BCUT2D eigenvalue weighted by molar-refractivity contribution is 5.69. The molecule has 0 aromatic heterocycles. The zero-order valence-electron chi connectivity index (χ0n) is 9.53. The van der Waals surface area contributed by atoms with E-state index in [0.717, 1.165) is 30.8 Å². The third-order valence-electron chi connectivity index (χ3n) is 2.33. The molecule has 0 bridgehead atoms. The Kier molecular flexibility index (Phi) is 5.36. The van der Waals surface area contributed by atoms with Crippen LogP contribution in [0.15, 0.2) is 24.3 Å². The molecule has 1 rings (SSSR count). The summed E-state index contributed by atoms with van der Waals surface area (Å²) in [5, 5.41) is 3.23. The molecule has 0 atom stereocenters. The van der Waals surface area contributed by atoms with Crippen LogP contribution in [0.4, 0.5) is 5.69 Å². The second kappa shape index (κ2) is 6.85. The topological polar surface area (TPSA) is 64.3 Å². The van der Waals surface area contributed by atoms with Crippen molar-refractivity contribution in [1.29, 1.82) is 0 Å². The van der Waals surface area contributed by atoms with E-state index in [-0.39, 0.29) is 5.97 Å². The highest BCUT2D eigenvalue weighted by atomic mass is 16.5. The van der Waals surface area contributed by atoms with E-state index < -0.39 is 0 Å². The van der Waals surface area contributed by atoms with Gasteiger partial charge in [-0.25, -0.2) is 0 Å². The van der Waals surface area contributed by atoms with Crippen LogP contribution in [-0.2, 0) is 16.1 Å². The van der Waals surface area contributed by atoms with E-state index in [2.05, 4.69) is 10.1 Å². The number of ether oxygens (including phenoxy) is 1. The maximum Gasteiger partial charge on any atom is 0.305 e. The van der Waals surface area contributed by atoms with Crippen LogP contribution in [0.2, 0.25) is 0 Å². The number of rotatable bonds is 6. The minimum atomic E-state index is -0.166. The minimum Gasteiger partial charge on any atom is -0.469 e. The molecule has 0 aliphatic carbocycles. The third-order valence-corrected chi connectivity index (χ3v) is 2.33. The van der Waals surface area contributed by atoms with Crippen molar-refractivity contribution in [2.75, 3.05) is 19.4 Å². The van der Waals surface area contributed by atoms with Gasteiger partial charge in [-0.15, -0.1) is 0 Å². The SMILES string of the molecule is COC(=O)CCCNCc1ccccc1N. The third kappa shape index (κ3) is 4.31. The summed E-state index contributed by atoms with van der Waals surface area (Å²) in [4.78, 5) is 10.8. The van der Waals surface area contributed by atoms with Gasteiger partial charge in [0.1, 0.15) is 0 Å². The lowest BCUT2D eigenvalue weighted by molar-refractivity contribution is -0.140. The molecule has 0 saturated carbocycles. The maximum absolute atomic E-state index is 10.8. The van der Waals surface area contributed by atoms with E-state index in [1.54, 1.807) is 0 Å². The van der Waals surface area contributed by atoms with Gasteiger partial charge in [-0.3, -0.25) is 4.79 Å². The Morgan fingerprint density at radius 1 is 1.44 bits per heavy atom. The second-order valence-electron chi connectivity index (χ2n) is 3.56. The van der Waals surface area contributed by atoms with Crippen LogP contribution in [0, 0.1) is 0 Å². The van der Waals surface area contributed by atoms with Crippen LogP contribution < -0.4 is 11.1 Å². The summed E-state index contributed by atoms with van der Waals surface area (Å²) in [6.07, 6.45) is 1.23. The largest absolute Gasteiger partial charge is 0.469 e. The van der Waals surface area contributed by atoms with E-state index in [1.807, 2.05) is 24.3 Å². The maximum atomic E-state index is 10.8. The lowest BCUT2D eigenvalue weighted by Gasteiger charge is -2.06. The molecule has 0 fully saturated rings. The number of para-hydroxylation sites is 1. The Bertz CT molecular complexity index is 340. The summed E-state index contributed by atoms with van der Waals surface area (Å²) < 4.78 is 4.55. The quantitative estimate of drug-likeness (QED) is 0.433. The van der Waals surface area contributed by atoms with E-state index in [0.29, 0.717) is 6.42 Å². The predicted octanol–water partition coefficient (Wildman–Crippen LogP) is 1.31. The number of nitrogens with one attached hydrogen (secondary N) is 1. The van der Waals surface area contributed by atoms with Gasteiger partial charge in [-0.05, 0) is 24.6 Å². The van der Waals surface area contributed by atoms with Crippen LogP contribution in [0.1, 0.15) is 18.4 Å². The normalized spacial score (nSPS) is 10.1. The van der Waals surface area contributed by atoms with Gasteiger partial charge in [0.2, 0.25) is 0 Å². The van der Waals surface area contributed by atoms with Crippen LogP contribution in [-0.4, -0.2) is 19.6 Å². The van der Waals surface area contributed by atoms with Gasteiger partial charge in [0, 0.05) is 18.7 Å². The molecule has 0 aliphatic rings. The van der Waals surface area contributed by atoms with Crippen LogP contribution >= 0.6 is 0 Å². The van der Waals surface area contributed by atoms with Crippen LogP contribution in [0.5, 0.6) is 0 Å². The Hall–Kier alpha value is -1.55. The molecule has 0 amide bonds. The van der Waals surface area contributed by atoms with E-state index in [9.17, 15) is 4.79 Å². The summed E-state index contributed by atoms with van der Waals surface area (Å²) in [6, 6.07) is 7.74. The fourth-order valence-corrected chi connectivity index (χ4v) is 1.38. The summed E-state index contributed by atoms with van der Waals surface area (Å²) in [5.41, 5.74) is 7.67. The minimum absolute atomic E-state index is 0.166. The van der Waals surface area contributed by atoms with Gasteiger partial charge in [-0.1, -0.05) is 18.2 Å². The number of anilines is 1. The Labute approximate surface area is 95.8 Å². The average Bonchev–Trinajstić information content (AvgIpc) is 2.30. The molecular weight excluding hydrogens is 204 g/mol. The van der Waals surface area contributed by atoms with Gasteiger partial charge in [-0.2, -0.15) is 0 Å². The number of methoxy groups -OCH3 is 1. The number of carbonyl (C=O) groups excluding carboxylic acids is 1. The number of hydrogen-bond acceptors (Lipinski definition) is 4. The lowest BCUT2D eigenvalue weighted by atomic mass is 10.2. The van der Waals surface area contributed by atoms with Crippen molar-refractivity contribution in [3.8, 4) is 0 Å². The standard InChI is InChI=1S/C12H18N2O2/c1-16-12(15)7-4-8-14-9-10-5-2-3-6-11(10)13/h2-3,5-6,14H,4,7-9,13H2,1H3. The number of hydrogen-bond donors (Lipinski definition) is 2. The van der Waals surface area contributed by atoms with Crippen molar-refractivity contribution < 1.29 is 9.53 Å². The molecule has 3 N–H and O–H groups in total. The van der Waals surface area contributed by atoms with E-state index in [4.69, 9.17) is 5.73 Å². The molecule has 1 aromatic rings. The first-order valence-corrected chi connectivity index (χ1v) is 5.35. The lowest BCUT2D eigenvalue weighted by Crippen LogP contribution is -2.16. The Morgan fingerprint density at radius 3 is 2.88 bits per heavy atom. The number of nitrogens with two attached hydrogens (primary N) is 1. The van der Waals surface area contributed by atoms with Crippen molar-refractivity contribution in [2.45, 2.75) is 19.4 Å². The van der Waals surface area contributed by atoms with Gasteiger partial charge >= 0.3 is 5.97 Å². The molecule has 0 saturated heterocycles. The Morgan fingerprint density at radius 2 is 2.19 bits per heavy atom. The summed E-state index contributed by atoms with van der Waals surface area (Å²) >= 11 is 0. The summed E-state index contributed by atoms with van der Waals surface area (Å²) in [7, 11) is 1.40. The highest BCUT2D eigenvalue weighted by Gasteiger charge is 2.00. The van der Waals surface area contributed by atoms with Crippen molar-refractivity contribution >= 4 is 11.7 Å². The molecule has 16 heavy (non-hydrogen) atoms. The molecule has 0 unspecified atom stereocenters. The monoisotopic (exact) mass is 222 g/mol. The van der Waals surface area contributed by atoms with Gasteiger partial charge in [0.05, 0.1) is 7.11 Å². The molecule has 4 heteroatoms. The molecular formula is C12H18N2O2. The molecule has 1 aromatic carbocycles. The predicted molar refractivity (Wildman–Crippen MR) is 63.8 cm³/mol.